The molecule has 0 spiro atoms. The average molecular weight is 161 g/mol. The predicted octanol–water partition coefficient (Wildman–Crippen LogP) is -2.48. The van der Waals surface area contributed by atoms with Crippen LogP contribution in [0.4, 0.5) is 0 Å². The molecule has 0 unspecified atom stereocenters. The van der Waals surface area contributed by atoms with Crippen molar-refractivity contribution in [3.05, 3.63) is 0 Å². The Morgan fingerprint density at radius 3 is 0.750 bits per heavy atom. The molecule has 0 fully saturated rings. The summed E-state index contributed by atoms with van der Waals surface area (Å²) in [6.45, 7) is 0. The van der Waals surface area contributed by atoms with Gasteiger partial charge >= 0.3 is 103 Å². The van der Waals surface area contributed by atoms with Crippen LogP contribution < -0.4 is 0 Å². The van der Waals surface area contributed by atoms with Crippen molar-refractivity contribution in [1.29, 1.82) is 0 Å². The average Bonchev–Trinajstić information content (AvgIpc) is 0. The molecule has 0 nitrogen and oxygen atoms in total. The molecule has 0 atom stereocenters. The Morgan fingerprint density at radius 2 is 0.750 bits per heavy atom. The van der Waals surface area contributed by atoms with E-state index >= 15 is 0 Å². The summed E-state index contributed by atoms with van der Waals surface area (Å²) in [7, 11) is 0. The molecular weight excluding hydrogens is 156 g/mol. The zero-order chi connectivity index (χ0) is 0. The molecule has 0 aromatic carbocycles. The Morgan fingerprint density at radius 1 is 0.750 bits per heavy atom. The summed E-state index contributed by atoms with van der Waals surface area (Å²) in [6, 6.07) is 0. The topological polar surface area (TPSA) is 0 Å². The van der Waals surface area contributed by atoms with Gasteiger partial charge in [0.05, 0.1) is 0 Å². The second-order valence-electron chi connectivity index (χ2n) is 0. The Balaban J connectivity index is 0. The molecule has 4 heteroatoms. The van der Waals surface area contributed by atoms with Crippen molar-refractivity contribution in [2.24, 2.45) is 0 Å². The van der Waals surface area contributed by atoms with Gasteiger partial charge in [-0.1, -0.05) is 0 Å². The van der Waals surface area contributed by atoms with Crippen molar-refractivity contribution in [3.8, 4) is 0 Å². The predicted molar refractivity (Wildman–Crippen MR) is 24.2 cm³/mol. The standard InChI is InChI=1S/Al.2K.V.5H. The van der Waals surface area contributed by atoms with E-state index in [9.17, 15) is 0 Å². The summed E-state index contributed by atoms with van der Waals surface area (Å²) in [4.78, 5) is 0. The van der Waals surface area contributed by atoms with Gasteiger partial charge in [-0.15, -0.1) is 0 Å². The van der Waals surface area contributed by atoms with Gasteiger partial charge in [0.25, 0.3) is 0 Å². The van der Waals surface area contributed by atoms with Crippen LogP contribution in [0.5, 0.6) is 0 Å². The molecule has 0 aromatic heterocycles. The molecule has 0 aliphatic rings. The monoisotopic (exact) mass is 161 g/mol. The summed E-state index contributed by atoms with van der Waals surface area (Å²) in [5.41, 5.74) is 0. The SMILES string of the molecule is [AlH3].[KH].[KH].[V]. The van der Waals surface area contributed by atoms with Crippen molar-refractivity contribution >= 4 is 120 Å². The van der Waals surface area contributed by atoms with Gasteiger partial charge < -0.3 is 0 Å². The van der Waals surface area contributed by atoms with Crippen LogP contribution in [0.25, 0.3) is 0 Å². The molecule has 0 bridgehead atoms. The van der Waals surface area contributed by atoms with Gasteiger partial charge in [-0.3, -0.25) is 0 Å². The molecule has 0 amide bonds. The number of rotatable bonds is 0. The van der Waals surface area contributed by atoms with E-state index in [0.717, 1.165) is 0 Å². The van der Waals surface area contributed by atoms with Crippen LogP contribution in [0.1, 0.15) is 0 Å². The first-order chi connectivity index (χ1) is 0. The van der Waals surface area contributed by atoms with E-state index in [1.807, 2.05) is 0 Å². The van der Waals surface area contributed by atoms with Crippen LogP contribution in [0, 0.1) is 0 Å². The molecule has 1 radical (unpaired) electrons. The maximum absolute atomic E-state index is 0. The maximum atomic E-state index is 0. The third-order valence-electron chi connectivity index (χ3n) is 0. The third-order valence-corrected chi connectivity index (χ3v) is 0. The smallest absolute Gasteiger partial charge is 0 e. The van der Waals surface area contributed by atoms with Crippen LogP contribution in [-0.4, -0.2) is 120 Å². The van der Waals surface area contributed by atoms with Crippen LogP contribution in [0.15, 0.2) is 0 Å². The summed E-state index contributed by atoms with van der Waals surface area (Å²) >= 11 is 0. The normalized spacial score (nSPS) is 0. The van der Waals surface area contributed by atoms with Crippen molar-refractivity contribution in [1.82, 2.24) is 0 Å². The largest absolute Gasteiger partial charge is 0 e. The fourth-order valence-corrected chi connectivity index (χ4v) is 0. The van der Waals surface area contributed by atoms with Crippen molar-refractivity contribution in [3.63, 3.8) is 0 Å². The fourth-order valence-electron chi connectivity index (χ4n) is 0. The number of hydrogen-bond acceptors (Lipinski definition) is 0. The van der Waals surface area contributed by atoms with E-state index in [1.165, 1.54) is 0 Å². The van der Waals surface area contributed by atoms with Crippen molar-refractivity contribution in [2.75, 3.05) is 0 Å². The van der Waals surface area contributed by atoms with E-state index in [4.69, 9.17) is 0 Å². The van der Waals surface area contributed by atoms with Crippen molar-refractivity contribution in [2.45, 2.75) is 0 Å². The summed E-state index contributed by atoms with van der Waals surface area (Å²) in [5, 5.41) is 0. The minimum atomic E-state index is 0. The summed E-state index contributed by atoms with van der Waals surface area (Å²) in [6.07, 6.45) is 0. The number of hydrogen-bond donors (Lipinski definition) is 0. The quantitative estimate of drug-likeness (QED) is 0.345. The third kappa shape index (κ3) is 9.63. The fraction of sp³-hybridized carbons (Fsp3) is 0. The Hall–Kier alpha value is 4.39. The maximum Gasteiger partial charge on any atom is 0 e. The van der Waals surface area contributed by atoms with Crippen LogP contribution in [0.3, 0.4) is 0 Å². The molecular formula is H5AlK2V. The molecule has 0 aliphatic carbocycles. The zero-order valence-electron chi connectivity index (χ0n) is 0.447. The minimum Gasteiger partial charge on any atom is 0 e. The van der Waals surface area contributed by atoms with E-state index in [-0.39, 0.29) is 139 Å². The zero-order valence-corrected chi connectivity index (χ0v) is 1.84. The first-order valence-corrected chi connectivity index (χ1v) is 0. The van der Waals surface area contributed by atoms with E-state index in [2.05, 4.69) is 0 Å². The molecule has 0 aromatic rings. The Labute approximate surface area is 134 Å². The molecule has 0 heterocycles. The van der Waals surface area contributed by atoms with Crippen molar-refractivity contribution < 1.29 is 18.6 Å². The van der Waals surface area contributed by atoms with E-state index < -0.39 is 0 Å². The summed E-state index contributed by atoms with van der Waals surface area (Å²) in [5.74, 6) is 0. The van der Waals surface area contributed by atoms with E-state index in [1.54, 1.807) is 0 Å². The van der Waals surface area contributed by atoms with Crippen LogP contribution >= 0.6 is 0 Å². The van der Waals surface area contributed by atoms with Gasteiger partial charge in [0.1, 0.15) is 0 Å². The Kier molecular flexibility index (Phi) is 93.1. The Bertz CT molecular complexity index is 6.00. The molecule has 0 saturated carbocycles. The summed E-state index contributed by atoms with van der Waals surface area (Å²) < 4.78 is 0. The molecule has 0 saturated heterocycles. The molecule has 0 aliphatic heterocycles. The van der Waals surface area contributed by atoms with Gasteiger partial charge in [0.15, 0.2) is 17.4 Å². The second-order valence-corrected chi connectivity index (χ2v) is 0. The van der Waals surface area contributed by atoms with Gasteiger partial charge in [-0.05, 0) is 0 Å². The molecule has 4 heavy (non-hydrogen) atoms. The van der Waals surface area contributed by atoms with Gasteiger partial charge in [0, 0.05) is 18.6 Å². The first-order valence-electron chi connectivity index (χ1n) is 0. The van der Waals surface area contributed by atoms with Gasteiger partial charge in [0.2, 0.25) is 0 Å². The minimum absolute atomic E-state index is 0. The van der Waals surface area contributed by atoms with Gasteiger partial charge in [-0.2, -0.15) is 0 Å². The first kappa shape index (κ1) is 23.8. The van der Waals surface area contributed by atoms with Crippen LogP contribution in [-0.2, 0) is 18.6 Å². The van der Waals surface area contributed by atoms with E-state index in [0.29, 0.717) is 0 Å². The van der Waals surface area contributed by atoms with Crippen LogP contribution in [0.2, 0.25) is 0 Å². The van der Waals surface area contributed by atoms with Gasteiger partial charge in [-0.25, -0.2) is 0 Å². The molecule has 0 N–H and O–H groups in total. The molecule has 15 valence electrons. The molecule has 0 rings (SSSR count). The second kappa shape index (κ2) is 15.7.